The number of aromatic nitrogens is 3. The number of thioether (sulfide) groups is 1. The van der Waals surface area contributed by atoms with Crippen molar-refractivity contribution in [2.24, 2.45) is 0 Å². The van der Waals surface area contributed by atoms with Crippen LogP contribution in [0.15, 0.2) is 72.1 Å². The molecule has 0 amide bonds. The maximum absolute atomic E-state index is 6.25. The zero-order valence-corrected chi connectivity index (χ0v) is 16.8. The van der Waals surface area contributed by atoms with E-state index in [-0.39, 0.29) is 6.79 Å². The van der Waals surface area contributed by atoms with Crippen LogP contribution in [0.3, 0.4) is 0 Å². The van der Waals surface area contributed by atoms with E-state index in [0.29, 0.717) is 5.02 Å². The molecule has 0 saturated heterocycles. The zero-order valence-electron chi connectivity index (χ0n) is 15.2. The first kappa shape index (κ1) is 18.8. The summed E-state index contributed by atoms with van der Waals surface area (Å²) in [6.07, 6.45) is 3.61. The maximum Gasteiger partial charge on any atom is 0.188 e. The average Bonchev–Trinajstić information content (AvgIpc) is 3.09. The fourth-order valence-electron chi connectivity index (χ4n) is 2.82. The van der Waals surface area contributed by atoms with Gasteiger partial charge in [0.25, 0.3) is 0 Å². The molecule has 0 aliphatic heterocycles. The number of rotatable bonds is 7. The van der Waals surface area contributed by atoms with Crippen molar-refractivity contribution in [3.8, 4) is 11.4 Å². The summed E-state index contributed by atoms with van der Waals surface area (Å²) in [7, 11) is 1.60. The monoisotopic (exact) mass is 411 g/mol. The molecule has 0 radical (unpaired) electrons. The van der Waals surface area contributed by atoms with Crippen LogP contribution in [-0.2, 0) is 10.5 Å². The highest BCUT2D eigenvalue weighted by molar-refractivity contribution is 7.98. The fraction of sp³-hybridized carbons (Fsp3) is 0.143. The number of nitrogens with zero attached hydrogens (tertiary/aromatic N) is 3. The van der Waals surface area contributed by atoms with Crippen LogP contribution in [0, 0.1) is 0 Å². The molecule has 2 aromatic heterocycles. The minimum atomic E-state index is 0.218. The van der Waals surface area contributed by atoms with Gasteiger partial charge in [-0.25, -0.2) is 4.98 Å². The Morgan fingerprint density at radius 1 is 1.04 bits per heavy atom. The minimum Gasteiger partial charge on any atom is -0.468 e. The van der Waals surface area contributed by atoms with Crippen LogP contribution in [0.2, 0.25) is 5.02 Å². The number of methoxy groups -OCH3 is 1. The highest BCUT2D eigenvalue weighted by Gasteiger charge is 2.14. The molecule has 142 valence electrons. The van der Waals surface area contributed by atoms with Gasteiger partial charge in [0.2, 0.25) is 0 Å². The molecule has 28 heavy (non-hydrogen) atoms. The molecular weight excluding hydrogens is 394 g/mol. The summed E-state index contributed by atoms with van der Waals surface area (Å²) in [5.41, 5.74) is 4.06. The highest BCUT2D eigenvalue weighted by Crippen LogP contribution is 2.32. The molecule has 0 fully saturated rings. The number of imidazole rings is 1. The van der Waals surface area contributed by atoms with Gasteiger partial charge in [-0.3, -0.25) is 9.55 Å². The summed E-state index contributed by atoms with van der Waals surface area (Å²) in [4.78, 5) is 8.89. The molecule has 0 aliphatic carbocycles. The standard InChI is InChI=1S/C21H18ClN3O2S/c1-26-14-27-18-5-3-17(4-6-18)25-20-12-16(22)2-7-19(20)24-21(25)28-13-15-8-10-23-11-9-15/h2-12H,13-14H2,1H3. The summed E-state index contributed by atoms with van der Waals surface area (Å²) in [5.74, 6) is 1.55. The first-order valence-corrected chi connectivity index (χ1v) is 10.0. The smallest absolute Gasteiger partial charge is 0.188 e. The summed E-state index contributed by atoms with van der Waals surface area (Å²) < 4.78 is 12.6. The van der Waals surface area contributed by atoms with E-state index in [1.54, 1.807) is 31.3 Å². The molecule has 0 bridgehead atoms. The molecule has 7 heteroatoms. The second-order valence-corrected chi connectivity index (χ2v) is 7.43. The molecule has 0 unspecified atom stereocenters. The number of benzene rings is 2. The minimum absolute atomic E-state index is 0.218. The number of hydrogen-bond acceptors (Lipinski definition) is 5. The van der Waals surface area contributed by atoms with Gasteiger partial charge in [-0.05, 0) is 60.2 Å². The Morgan fingerprint density at radius 3 is 2.57 bits per heavy atom. The molecule has 0 N–H and O–H groups in total. The van der Waals surface area contributed by atoms with Crippen molar-refractivity contribution in [3.63, 3.8) is 0 Å². The SMILES string of the molecule is COCOc1ccc(-n2c(SCc3ccncc3)nc3ccc(Cl)cc32)cc1. The topological polar surface area (TPSA) is 49.2 Å². The van der Waals surface area contributed by atoms with Crippen molar-refractivity contribution >= 4 is 34.4 Å². The number of fused-ring (bicyclic) bond motifs is 1. The van der Waals surface area contributed by atoms with E-state index in [4.69, 9.17) is 26.1 Å². The number of hydrogen-bond donors (Lipinski definition) is 0. The van der Waals surface area contributed by atoms with Crippen molar-refractivity contribution in [1.82, 2.24) is 14.5 Å². The Morgan fingerprint density at radius 2 is 1.82 bits per heavy atom. The predicted octanol–water partition coefficient (Wildman–Crippen LogP) is 5.35. The Balaban J connectivity index is 1.71. The second-order valence-electron chi connectivity index (χ2n) is 6.05. The molecule has 0 atom stereocenters. The third-order valence-electron chi connectivity index (χ3n) is 4.14. The largest absolute Gasteiger partial charge is 0.468 e. The number of halogens is 1. The van der Waals surface area contributed by atoms with E-state index in [0.717, 1.165) is 33.4 Å². The van der Waals surface area contributed by atoms with Gasteiger partial charge in [-0.2, -0.15) is 0 Å². The van der Waals surface area contributed by atoms with Crippen LogP contribution in [0.1, 0.15) is 5.56 Å². The highest BCUT2D eigenvalue weighted by atomic mass is 35.5. The zero-order chi connectivity index (χ0) is 19.3. The molecule has 4 rings (SSSR count). The van der Waals surface area contributed by atoms with Crippen LogP contribution in [0.4, 0.5) is 0 Å². The third kappa shape index (κ3) is 4.14. The first-order chi connectivity index (χ1) is 13.7. The summed E-state index contributed by atoms with van der Waals surface area (Å²) in [6.45, 7) is 0.218. The lowest BCUT2D eigenvalue weighted by Gasteiger charge is -2.11. The van der Waals surface area contributed by atoms with Crippen molar-refractivity contribution in [1.29, 1.82) is 0 Å². The van der Waals surface area contributed by atoms with E-state index in [9.17, 15) is 0 Å². The Labute approximate surface area is 172 Å². The van der Waals surface area contributed by atoms with Crippen molar-refractivity contribution < 1.29 is 9.47 Å². The van der Waals surface area contributed by atoms with Crippen LogP contribution in [0.25, 0.3) is 16.7 Å². The molecule has 0 spiro atoms. The van der Waals surface area contributed by atoms with E-state index in [2.05, 4.69) is 9.55 Å². The lowest BCUT2D eigenvalue weighted by molar-refractivity contribution is 0.0511. The lowest BCUT2D eigenvalue weighted by Crippen LogP contribution is -2.00. The quantitative estimate of drug-likeness (QED) is 0.303. The Kier molecular flexibility index (Phi) is 5.81. The van der Waals surface area contributed by atoms with Gasteiger partial charge >= 0.3 is 0 Å². The van der Waals surface area contributed by atoms with E-state index in [1.807, 2.05) is 54.6 Å². The Bertz CT molecular complexity index is 1070. The van der Waals surface area contributed by atoms with Gasteiger partial charge in [0, 0.05) is 36.0 Å². The normalized spacial score (nSPS) is 11.1. The molecule has 0 saturated carbocycles. The molecule has 2 aromatic carbocycles. The van der Waals surface area contributed by atoms with Crippen LogP contribution in [-0.4, -0.2) is 28.4 Å². The number of pyridine rings is 1. The molecule has 4 aromatic rings. The third-order valence-corrected chi connectivity index (χ3v) is 5.39. The molecule has 2 heterocycles. The average molecular weight is 412 g/mol. The van der Waals surface area contributed by atoms with Gasteiger partial charge in [0.15, 0.2) is 11.9 Å². The van der Waals surface area contributed by atoms with Crippen LogP contribution in [0.5, 0.6) is 5.75 Å². The molecule has 5 nitrogen and oxygen atoms in total. The summed E-state index contributed by atoms with van der Waals surface area (Å²) in [5, 5.41) is 1.58. The van der Waals surface area contributed by atoms with Gasteiger partial charge in [0.05, 0.1) is 11.0 Å². The molecule has 0 aliphatic rings. The van der Waals surface area contributed by atoms with Crippen molar-refractivity contribution in [3.05, 3.63) is 77.6 Å². The lowest BCUT2D eigenvalue weighted by atomic mass is 10.2. The van der Waals surface area contributed by atoms with Crippen molar-refractivity contribution in [2.75, 3.05) is 13.9 Å². The summed E-state index contributed by atoms with van der Waals surface area (Å²) in [6, 6.07) is 17.6. The predicted molar refractivity (Wildman–Crippen MR) is 112 cm³/mol. The maximum atomic E-state index is 6.25. The van der Waals surface area contributed by atoms with Gasteiger partial charge in [-0.1, -0.05) is 23.4 Å². The first-order valence-electron chi connectivity index (χ1n) is 8.66. The van der Waals surface area contributed by atoms with Gasteiger partial charge < -0.3 is 9.47 Å². The number of ether oxygens (including phenoxy) is 2. The van der Waals surface area contributed by atoms with Crippen LogP contribution < -0.4 is 4.74 Å². The second kappa shape index (κ2) is 8.65. The van der Waals surface area contributed by atoms with Gasteiger partial charge in [0.1, 0.15) is 5.75 Å². The van der Waals surface area contributed by atoms with Gasteiger partial charge in [-0.15, -0.1) is 0 Å². The van der Waals surface area contributed by atoms with Crippen LogP contribution >= 0.6 is 23.4 Å². The van der Waals surface area contributed by atoms with E-state index < -0.39 is 0 Å². The fourth-order valence-corrected chi connectivity index (χ4v) is 3.97. The Hall–Kier alpha value is -2.54. The van der Waals surface area contributed by atoms with Crippen molar-refractivity contribution in [2.45, 2.75) is 10.9 Å². The van der Waals surface area contributed by atoms with E-state index >= 15 is 0 Å². The van der Waals surface area contributed by atoms with E-state index in [1.165, 1.54) is 5.56 Å². The summed E-state index contributed by atoms with van der Waals surface area (Å²) >= 11 is 7.93. The molecular formula is C21H18ClN3O2S.